The molecular formula is C25H24Cl2N2O. The Morgan fingerprint density at radius 3 is 1.93 bits per heavy atom. The molecule has 4 rings (SSSR count). The van der Waals surface area contributed by atoms with Crippen molar-refractivity contribution >= 4 is 29.0 Å². The molecule has 1 aliphatic heterocycles. The fraction of sp³-hybridized carbons (Fsp3) is 0.240. The Morgan fingerprint density at radius 1 is 0.833 bits per heavy atom. The van der Waals surface area contributed by atoms with Crippen molar-refractivity contribution in [3.63, 3.8) is 0 Å². The third-order valence-electron chi connectivity index (χ3n) is 5.44. The van der Waals surface area contributed by atoms with E-state index >= 15 is 0 Å². The smallest absolute Gasteiger partial charge is 0.133 e. The molecule has 0 aliphatic carbocycles. The van der Waals surface area contributed by atoms with Crippen molar-refractivity contribution < 1.29 is 5.11 Å². The van der Waals surface area contributed by atoms with E-state index in [-0.39, 0.29) is 23.2 Å². The molecule has 0 radical (unpaired) electrons. The van der Waals surface area contributed by atoms with E-state index in [0.29, 0.717) is 21.4 Å². The van der Waals surface area contributed by atoms with E-state index in [0.717, 1.165) is 16.7 Å². The summed E-state index contributed by atoms with van der Waals surface area (Å²) >= 11 is 12.2. The number of hydrogen-bond donors (Lipinski definition) is 2. The first-order valence-electron chi connectivity index (χ1n) is 9.91. The molecule has 154 valence electrons. The first-order chi connectivity index (χ1) is 14.2. The molecule has 5 heteroatoms. The zero-order valence-corrected chi connectivity index (χ0v) is 18.7. The van der Waals surface area contributed by atoms with Gasteiger partial charge in [-0.05, 0) is 58.5 Å². The highest BCUT2D eigenvalue weighted by Crippen LogP contribution is 2.39. The third-order valence-corrected chi connectivity index (χ3v) is 5.94. The van der Waals surface area contributed by atoms with Gasteiger partial charge in [0.15, 0.2) is 0 Å². The average Bonchev–Trinajstić information content (AvgIpc) is 3.13. The molecule has 30 heavy (non-hydrogen) atoms. The quantitative estimate of drug-likeness (QED) is 0.470. The lowest BCUT2D eigenvalue weighted by Gasteiger charge is -2.21. The van der Waals surface area contributed by atoms with Crippen molar-refractivity contribution in [2.45, 2.75) is 38.3 Å². The standard InChI is InChI=1S/C25H24Cl2N2O/c1-25(2,3)17-8-13-20(21(30)14-17)24-28-22(15-4-9-18(26)10-5-15)23(29-24)16-6-11-19(27)12-7-16/h4-14,22-23,30H,1-3H3,(H,28,29)/t22-,23+. The maximum atomic E-state index is 10.7. The van der Waals surface area contributed by atoms with Gasteiger partial charge in [0.05, 0.1) is 11.6 Å². The molecule has 0 aromatic heterocycles. The normalized spacial score (nSPS) is 18.8. The number of aliphatic imine (C=N–C) groups is 1. The van der Waals surface area contributed by atoms with Crippen molar-refractivity contribution in [2.75, 3.05) is 0 Å². The molecule has 2 N–H and O–H groups in total. The molecular weight excluding hydrogens is 415 g/mol. The van der Waals surface area contributed by atoms with Gasteiger partial charge in [0.1, 0.15) is 17.6 Å². The van der Waals surface area contributed by atoms with Crippen LogP contribution in [-0.2, 0) is 5.41 Å². The van der Waals surface area contributed by atoms with Crippen LogP contribution in [0.3, 0.4) is 0 Å². The number of amidine groups is 1. The Kier molecular flexibility index (Phi) is 5.52. The minimum atomic E-state index is -0.153. The number of nitrogens with zero attached hydrogens (tertiary/aromatic N) is 1. The SMILES string of the molecule is CC(C)(C)c1ccc(C2=N[C@@H](c3ccc(Cl)cc3)[C@@H](c3ccc(Cl)cc3)N2)c(O)c1. The maximum absolute atomic E-state index is 10.7. The lowest BCUT2D eigenvalue weighted by Crippen LogP contribution is -2.25. The predicted octanol–water partition coefficient (Wildman–Crippen LogP) is 6.83. The van der Waals surface area contributed by atoms with Crippen molar-refractivity contribution in [3.05, 3.63) is 99.0 Å². The molecule has 3 nitrogen and oxygen atoms in total. The fourth-order valence-electron chi connectivity index (χ4n) is 3.69. The predicted molar refractivity (Wildman–Crippen MR) is 125 cm³/mol. The number of aromatic hydroxyl groups is 1. The lowest BCUT2D eigenvalue weighted by molar-refractivity contribution is 0.469. The van der Waals surface area contributed by atoms with E-state index in [2.05, 4.69) is 26.1 Å². The van der Waals surface area contributed by atoms with Crippen molar-refractivity contribution in [3.8, 4) is 5.75 Å². The summed E-state index contributed by atoms with van der Waals surface area (Å²) in [7, 11) is 0. The number of hydrogen-bond acceptors (Lipinski definition) is 3. The zero-order chi connectivity index (χ0) is 21.5. The van der Waals surface area contributed by atoms with Crippen LogP contribution in [-0.4, -0.2) is 10.9 Å². The Bertz CT molecular complexity index is 1080. The number of nitrogens with one attached hydrogen (secondary N) is 1. The molecule has 0 saturated carbocycles. The number of phenolic OH excluding ortho intramolecular Hbond substituents is 1. The van der Waals surface area contributed by atoms with Crippen molar-refractivity contribution in [1.29, 1.82) is 0 Å². The summed E-state index contributed by atoms with van der Waals surface area (Å²) < 4.78 is 0. The molecule has 1 heterocycles. The topological polar surface area (TPSA) is 44.6 Å². The van der Waals surface area contributed by atoms with Gasteiger partial charge in [0, 0.05) is 10.0 Å². The van der Waals surface area contributed by atoms with E-state index in [1.807, 2.05) is 66.7 Å². The second-order valence-corrected chi connectivity index (χ2v) is 9.50. The monoisotopic (exact) mass is 438 g/mol. The van der Waals surface area contributed by atoms with Crippen LogP contribution in [0, 0.1) is 0 Å². The van der Waals surface area contributed by atoms with Crippen LogP contribution in [0.2, 0.25) is 10.0 Å². The molecule has 2 atom stereocenters. The van der Waals surface area contributed by atoms with Gasteiger partial charge in [-0.25, -0.2) is 0 Å². The van der Waals surface area contributed by atoms with E-state index in [1.54, 1.807) is 0 Å². The van der Waals surface area contributed by atoms with Gasteiger partial charge < -0.3 is 10.4 Å². The van der Waals surface area contributed by atoms with E-state index in [9.17, 15) is 5.11 Å². The summed E-state index contributed by atoms with van der Waals surface area (Å²) in [6.45, 7) is 6.37. The first kappa shape index (κ1) is 20.8. The average molecular weight is 439 g/mol. The molecule has 3 aromatic rings. The van der Waals surface area contributed by atoms with Crippen LogP contribution >= 0.6 is 23.2 Å². The van der Waals surface area contributed by atoms with Gasteiger partial charge in [-0.3, -0.25) is 4.99 Å². The Balaban J connectivity index is 1.75. The van der Waals surface area contributed by atoms with Crippen LogP contribution in [0.15, 0.2) is 71.7 Å². The molecule has 0 fully saturated rings. The van der Waals surface area contributed by atoms with Gasteiger partial charge in [0.2, 0.25) is 0 Å². The van der Waals surface area contributed by atoms with E-state index in [1.165, 1.54) is 0 Å². The lowest BCUT2D eigenvalue weighted by atomic mass is 9.86. The second-order valence-electron chi connectivity index (χ2n) is 8.63. The Morgan fingerprint density at radius 2 is 1.40 bits per heavy atom. The summed E-state index contributed by atoms with van der Waals surface area (Å²) in [6, 6.07) is 21.1. The molecule has 3 aromatic carbocycles. The van der Waals surface area contributed by atoms with Crippen molar-refractivity contribution in [1.82, 2.24) is 5.32 Å². The second kappa shape index (κ2) is 7.98. The molecule has 0 saturated heterocycles. The first-order valence-corrected chi connectivity index (χ1v) is 10.7. The number of phenols is 1. The third kappa shape index (κ3) is 4.19. The molecule has 0 spiro atoms. The molecule has 1 aliphatic rings. The van der Waals surface area contributed by atoms with Gasteiger partial charge in [-0.15, -0.1) is 0 Å². The Hall–Kier alpha value is -2.49. The zero-order valence-electron chi connectivity index (χ0n) is 17.2. The molecule has 0 unspecified atom stereocenters. The van der Waals surface area contributed by atoms with Crippen molar-refractivity contribution in [2.24, 2.45) is 4.99 Å². The summed E-state index contributed by atoms with van der Waals surface area (Å²) in [5, 5.41) is 15.6. The number of rotatable bonds is 3. The maximum Gasteiger partial charge on any atom is 0.133 e. The fourth-order valence-corrected chi connectivity index (χ4v) is 3.94. The van der Waals surface area contributed by atoms with Crippen LogP contribution in [0.1, 0.15) is 55.1 Å². The summed E-state index contributed by atoms with van der Waals surface area (Å²) in [5.74, 6) is 0.896. The van der Waals surface area contributed by atoms with E-state index in [4.69, 9.17) is 28.2 Å². The van der Waals surface area contributed by atoms with Crippen LogP contribution in [0.4, 0.5) is 0 Å². The molecule has 0 amide bonds. The van der Waals surface area contributed by atoms with E-state index < -0.39 is 0 Å². The summed E-state index contributed by atoms with van der Waals surface area (Å²) in [5.41, 5.74) is 3.85. The van der Waals surface area contributed by atoms with Gasteiger partial charge in [0.25, 0.3) is 0 Å². The highest BCUT2D eigenvalue weighted by atomic mass is 35.5. The Labute approximate surface area is 187 Å². The van der Waals surface area contributed by atoms with Crippen LogP contribution < -0.4 is 5.32 Å². The molecule has 0 bridgehead atoms. The minimum Gasteiger partial charge on any atom is -0.507 e. The largest absolute Gasteiger partial charge is 0.507 e. The van der Waals surface area contributed by atoms with Gasteiger partial charge in [-0.2, -0.15) is 0 Å². The van der Waals surface area contributed by atoms with Crippen LogP contribution in [0.25, 0.3) is 0 Å². The highest BCUT2D eigenvalue weighted by molar-refractivity contribution is 6.30. The minimum absolute atomic E-state index is 0.0430. The van der Waals surface area contributed by atoms with Gasteiger partial charge >= 0.3 is 0 Å². The summed E-state index contributed by atoms with van der Waals surface area (Å²) in [6.07, 6.45) is 0. The summed E-state index contributed by atoms with van der Waals surface area (Å²) in [4.78, 5) is 4.96. The number of halogens is 2. The highest BCUT2D eigenvalue weighted by Gasteiger charge is 2.33. The van der Waals surface area contributed by atoms with Crippen LogP contribution in [0.5, 0.6) is 5.75 Å². The van der Waals surface area contributed by atoms with Gasteiger partial charge in [-0.1, -0.05) is 74.3 Å². The number of benzene rings is 3.